The molecule has 1 aliphatic rings. The van der Waals surface area contributed by atoms with Gasteiger partial charge in [-0.3, -0.25) is 9.59 Å². The van der Waals surface area contributed by atoms with Crippen molar-refractivity contribution in [2.24, 2.45) is 11.8 Å². The molecule has 0 radical (unpaired) electrons. The van der Waals surface area contributed by atoms with E-state index in [-0.39, 0.29) is 23.7 Å². The van der Waals surface area contributed by atoms with E-state index in [0.29, 0.717) is 19.5 Å². The van der Waals surface area contributed by atoms with Crippen LogP contribution in [0.4, 0.5) is 11.4 Å². The van der Waals surface area contributed by atoms with Crippen molar-refractivity contribution < 1.29 is 9.59 Å². The van der Waals surface area contributed by atoms with Crippen molar-refractivity contribution in [1.82, 2.24) is 4.90 Å². The summed E-state index contributed by atoms with van der Waals surface area (Å²) in [6.07, 6.45) is 0.632. The number of nitrogens with zero attached hydrogens (tertiary/aromatic N) is 2. The van der Waals surface area contributed by atoms with Gasteiger partial charge >= 0.3 is 0 Å². The van der Waals surface area contributed by atoms with Gasteiger partial charge in [-0.05, 0) is 57.0 Å². The Bertz CT molecular complexity index is 816. The zero-order chi connectivity index (χ0) is 20.8. The zero-order valence-corrected chi connectivity index (χ0v) is 17.6. The minimum Gasteiger partial charge on any atom is -0.372 e. The second-order valence-electron chi connectivity index (χ2n) is 7.50. The molecular formula is C24H31N3O2. The van der Waals surface area contributed by atoms with Crippen molar-refractivity contribution in [2.45, 2.75) is 33.7 Å². The third-order valence-corrected chi connectivity index (χ3v) is 5.62. The molecule has 29 heavy (non-hydrogen) atoms. The number of carbonyl (C=O) groups excluding carboxylic acids is 2. The highest BCUT2D eigenvalue weighted by Crippen LogP contribution is 2.41. The van der Waals surface area contributed by atoms with E-state index in [1.165, 1.54) is 0 Å². The van der Waals surface area contributed by atoms with Crippen LogP contribution in [0.1, 0.15) is 32.8 Å². The van der Waals surface area contributed by atoms with Crippen LogP contribution in [0.25, 0.3) is 0 Å². The third-order valence-electron chi connectivity index (χ3n) is 5.62. The lowest BCUT2D eigenvalue weighted by Crippen LogP contribution is -2.33. The SMILES string of the molecule is CCN(Cc1ccccc1)C(=O)C1CC1C(=O)Nc1ccc(N(CC)CC)cc1. The van der Waals surface area contributed by atoms with E-state index in [1.807, 2.05) is 66.4 Å². The quantitative estimate of drug-likeness (QED) is 0.696. The summed E-state index contributed by atoms with van der Waals surface area (Å²) in [6.45, 7) is 9.37. The molecule has 0 aromatic heterocycles. The lowest BCUT2D eigenvalue weighted by atomic mass is 10.2. The van der Waals surface area contributed by atoms with Crippen LogP contribution in [-0.2, 0) is 16.1 Å². The Morgan fingerprint density at radius 3 is 2.14 bits per heavy atom. The topological polar surface area (TPSA) is 52.7 Å². The maximum Gasteiger partial charge on any atom is 0.228 e. The average Bonchev–Trinajstić information content (AvgIpc) is 3.55. The van der Waals surface area contributed by atoms with E-state index in [0.717, 1.165) is 30.0 Å². The lowest BCUT2D eigenvalue weighted by molar-refractivity contribution is -0.134. The zero-order valence-electron chi connectivity index (χ0n) is 17.6. The Kier molecular flexibility index (Phi) is 6.91. The van der Waals surface area contributed by atoms with E-state index < -0.39 is 0 Å². The molecule has 1 aliphatic carbocycles. The Morgan fingerprint density at radius 2 is 1.55 bits per heavy atom. The summed E-state index contributed by atoms with van der Waals surface area (Å²) in [4.78, 5) is 29.5. The predicted octanol–water partition coefficient (Wildman–Crippen LogP) is 4.16. The van der Waals surface area contributed by atoms with Crippen LogP contribution in [0, 0.1) is 11.8 Å². The van der Waals surface area contributed by atoms with Crippen LogP contribution in [0.15, 0.2) is 54.6 Å². The molecule has 1 saturated carbocycles. The van der Waals surface area contributed by atoms with Crippen LogP contribution < -0.4 is 10.2 Å². The highest BCUT2D eigenvalue weighted by molar-refractivity contribution is 5.99. The van der Waals surface area contributed by atoms with Gasteiger partial charge in [-0.25, -0.2) is 0 Å². The minimum absolute atomic E-state index is 0.0605. The molecule has 0 saturated heterocycles. The number of anilines is 2. The van der Waals surface area contributed by atoms with Crippen molar-refractivity contribution >= 4 is 23.2 Å². The maximum absolute atomic E-state index is 12.8. The van der Waals surface area contributed by atoms with Crippen molar-refractivity contribution in [2.75, 3.05) is 29.9 Å². The van der Waals surface area contributed by atoms with Gasteiger partial charge < -0.3 is 15.1 Å². The fourth-order valence-electron chi connectivity index (χ4n) is 3.72. The van der Waals surface area contributed by atoms with Gasteiger partial charge in [0, 0.05) is 37.6 Å². The first-order valence-corrected chi connectivity index (χ1v) is 10.6. The van der Waals surface area contributed by atoms with Gasteiger partial charge in [-0.2, -0.15) is 0 Å². The number of benzene rings is 2. The van der Waals surface area contributed by atoms with Crippen LogP contribution in [-0.4, -0.2) is 36.3 Å². The molecule has 0 aliphatic heterocycles. The number of rotatable bonds is 9. The molecule has 2 unspecified atom stereocenters. The number of hydrogen-bond donors (Lipinski definition) is 1. The molecule has 1 N–H and O–H groups in total. The number of carbonyl (C=O) groups is 2. The van der Waals surface area contributed by atoms with Crippen LogP contribution in [0.5, 0.6) is 0 Å². The molecular weight excluding hydrogens is 362 g/mol. The first kappa shape index (κ1) is 20.9. The Morgan fingerprint density at radius 1 is 0.897 bits per heavy atom. The Balaban J connectivity index is 1.54. The molecule has 3 rings (SSSR count). The van der Waals surface area contributed by atoms with E-state index in [4.69, 9.17) is 0 Å². The summed E-state index contributed by atoms with van der Waals surface area (Å²) in [5.41, 5.74) is 3.03. The molecule has 5 nitrogen and oxygen atoms in total. The minimum atomic E-state index is -0.227. The van der Waals surface area contributed by atoms with Gasteiger partial charge in [0.05, 0.1) is 11.8 Å². The molecule has 0 spiro atoms. The second-order valence-corrected chi connectivity index (χ2v) is 7.50. The van der Waals surface area contributed by atoms with Crippen LogP contribution in [0.2, 0.25) is 0 Å². The molecule has 5 heteroatoms. The first-order valence-electron chi connectivity index (χ1n) is 10.6. The highest BCUT2D eigenvalue weighted by atomic mass is 16.2. The lowest BCUT2D eigenvalue weighted by Gasteiger charge is -2.21. The Hall–Kier alpha value is -2.82. The maximum atomic E-state index is 12.8. The average molecular weight is 394 g/mol. The smallest absolute Gasteiger partial charge is 0.228 e. The number of amides is 2. The molecule has 2 aromatic rings. The molecule has 0 heterocycles. The highest BCUT2D eigenvalue weighted by Gasteiger charge is 2.49. The van der Waals surface area contributed by atoms with Crippen molar-refractivity contribution in [3.8, 4) is 0 Å². The summed E-state index contributed by atoms with van der Waals surface area (Å²) in [5, 5.41) is 2.97. The number of hydrogen-bond acceptors (Lipinski definition) is 3. The fraction of sp³-hybridized carbons (Fsp3) is 0.417. The van der Waals surface area contributed by atoms with Crippen LogP contribution >= 0.6 is 0 Å². The number of nitrogens with one attached hydrogen (secondary N) is 1. The van der Waals surface area contributed by atoms with Crippen LogP contribution in [0.3, 0.4) is 0 Å². The summed E-state index contributed by atoms with van der Waals surface area (Å²) < 4.78 is 0. The fourth-order valence-corrected chi connectivity index (χ4v) is 3.72. The largest absolute Gasteiger partial charge is 0.372 e. The Labute approximate surface area is 173 Å². The van der Waals surface area contributed by atoms with Crippen molar-refractivity contribution in [3.05, 3.63) is 60.2 Å². The summed E-state index contributed by atoms with van der Waals surface area (Å²) >= 11 is 0. The van der Waals surface area contributed by atoms with Gasteiger partial charge in [-0.15, -0.1) is 0 Å². The van der Waals surface area contributed by atoms with E-state index in [2.05, 4.69) is 24.1 Å². The molecule has 2 aromatic carbocycles. The van der Waals surface area contributed by atoms with E-state index in [9.17, 15) is 9.59 Å². The van der Waals surface area contributed by atoms with Crippen molar-refractivity contribution in [3.63, 3.8) is 0 Å². The first-order chi connectivity index (χ1) is 14.1. The standard InChI is InChI=1S/C24H31N3O2/c1-4-26(5-2)20-14-12-19(13-15-20)25-23(28)21-16-22(21)24(29)27(6-3)17-18-10-8-7-9-11-18/h7-15,21-22H,4-6,16-17H2,1-3H3,(H,25,28). The molecule has 2 amide bonds. The molecule has 2 atom stereocenters. The second kappa shape index (κ2) is 9.59. The van der Waals surface area contributed by atoms with Crippen molar-refractivity contribution in [1.29, 1.82) is 0 Å². The monoisotopic (exact) mass is 393 g/mol. The normalized spacial score (nSPS) is 17.5. The van der Waals surface area contributed by atoms with Gasteiger partial charge in [0.25, 0.3) is 0 Å². The summed E-state index contributed by atoms with van der Waals surface area (Å²) in [7, 11) is 0. The van der Waals surface area contributed by atoms with Gasteiger partial charge in [0.2, 0.25) is 11.8 Å². The predicted molar refractivity (Wildman–Crippen MR) is 118 cm³/mol. The van der Waals surface area contributed by atoms with Gasteiger partial charge in [0.1, 0.15) is 0 Å². The van der Waals surface area contributed by atoms with E-state index in [1.54, 1.807) is 0 Å². The summed E-state index contributed by atoms with van der Waals surface area (Å²) in [5.74, 6) is -0.411. The van der Waals surface area contributed by atoms with E-state index >= 15 is 0 Å². The molecule has 0 bridgehead atoms. The van der Waals surface area contributed by atoms with Gasteiger partial charge in [0.15, 0.2) is 0 Å². The summed E-state index contributed by atoms with van der Waals surface area (Å²) in [6, 6.07) is 17.9. The molecule has 154 valence electrons. The molecule has 1 fully saturated rings. The van der Waals surface area contributed by atoms with Gasteiger partial charge in [-0.1, -0.05) is 30.3 Å². The third kappa shape index (κ3) is 5.17.